The van der Waals surface area contributed by atoms with E-state index in [1.165, 1.54) is 0 Å². The van der Waals surface area contributed by atoms with Crippen LogP contribution in [0.15, 0.2) is 35.2 Å². The Morgan fingerprint density at radius 2 is 1.50 bits per heavy atom. The van der Waals surface area contributed by atoms with Gasteiger partial charge in [0.05, 0.1) is 4.90 Å². The smallest absolute Gasteiger partial charge is 0.207 e. The molecule has 1 heterocycles. The topological polar surface area (TPSA) is 37.1 Å². The van der Waals surface area contributed by atoms with E-state index >= 15 is 0 Å². The zero-order valence-electron chi connectivity index (χ0n) is 9.54. The summed E-state index contributed by atoms with van der Waals surface area (Å²) >= 11 is 7.21. The summed E-state index contributed by atoms with van der Waals surface area (Å²) in [7, 11) is -3.30. The molecule has 0 aromatic heterocycles. The highest BCUT2D eigenvalue weighted by Gasteiger charge is 2.59. The van der Waals surface area contributed by atoms with E-state index in [1.807, 2.05) is 6.07 Å². The second kappa shape index (κ2) is 4.58. The number of alkyl halides is 2. The molecule has 0 N–H and O–H groups in total. The third-order valence-corrected chi connectivity index (χ3v) is 8.35. The molecule has 0 radical (unpaired) electrons. The standard InChI is InChI=1S/C12H13Br2NO2S/c13-9-6-11-12(7-10(9)14)15(11)18(16,17)8-4-2-1-3-5-8/h1-5,9-12H,6-7H2/t9-,10-,11-,12+,15?/m0/s1. The fourth-order valence-corrected chi connectivity index (χ4v) is 5.71. The molecule has 1 aromatic rings. The predicted octanol–water partition coefficient (Wildman–Crippen LogP) is 2.75. The molecule has 0 spiro atoms. The summed E-state index contributed by atoms with van der Waals surface area (Å²) in [6, 6.07) is 9.04. The van der Waals surface area contributed by atoms with Crippen molar-refractivity contribution < 1.29 is 8.42 Å². The fourth-order valence-electron chi connectivity index (χ4n) is 2.66. The molecule has 3 nitrogen and oxygen atoms in total. The summed E-state index contributed by atoms with van der Waals surface area (Å²) < 4.78 is 26.6. The van der Waals surface area contributed by atoms with Crippen molar-refractivity contribution in [2.24, 2.45) is 0 Å². The molecule has 5 atom stereocenters. The molecule has 3 rings (SSSR count). The van der Waals surface area contributed by atoms with Gasteiger partial charge in [0.25, 0.3) is 0 Å². The molecule has 1 aliphatic heterocycles. The molecular weight excluding hydrogens is 382 g/mol. The van der Waals surface area contributed by atoms with Gasteiger partial charge < -0.3 is 0 Å². The first-order valence-electron chi connectivity index (χ1n) is 5.88. The molecular formula is C12H13Br2NO2S. The highest BCUT2D eigenvalue weighted by Crippen LogP contribution is 2.48. The summed E-state index contributed by atoms with van der Waals surface area (Å²) in [6.07, 6.45) is 1.76. The molecule has 2 fully saturated rings. The van der Waals surface area contributed by atoms with Crippen LogP contribution in [0.5, 0.6) is 0 Å². The van der Waals surface area contributed by atoms with Crippen LogP contribution < -0.4 is 0 Å². The summed E-state index contributed by atoms with van der Waals surface area (Å²) in [5.74, 6) is 0. The van der Waals surface area contributed by atoms with Gasteiger partial charge in [-0.05, 0) is 25.0 Å². The first-order valence-corrected chi connectivity index (χ1v) is 9.15. The molecule has 1 aromatic carbocycles. The van der Waals surface area contributed by atoms with Crippen LogP contribution >= 0.6 is 31.9 Å². The van der Waals surface area contributed by atoms with E-state index in [-0.39, 0.29) is 12.1 Å². The highest BCUT2D eigenvalue weighted by atomic mass is 79.9. The lowest BCUT2D eigenvalue weighted by molar-refractivity contribution is 0.545. The third-order valence-electron chi connectivity index (χ3n) is 3.65. The van der Waals surface area contributed by atoms with Crippen molar-refractivity contribution in [3.8, 4) is 0 Å². The number of nitrogens with zero attached hydrogens (tertiary/aromatic N) is 1. The van der Waals surface area contributed by atoms with E-state index in [4.69, 9.17) is 0 Å². The molecule has 1 aliphatic carbocycles. The zero-order chi connectivity index (χ0) is 12.9. The zero-order valence-corrected chi connectivity index (χ0v) is 13.5. The van der Waals surface area contributed by atoms with Crippen molar-refractivity contribution >= 4 is 41.9 Å². The number of sulfonamides is 1. The second-order valence-corrected chi connectivity index (χ2v) is 8.98. The Hall–Kier alpha value is 0.0900. The summed E-state index contributed by atoms with van der Waals surface area (Å²) in [5.41, 5.74) is 0. The van der Waals surface area contributed by atoms with Gasteiger partial charge in [0.15, 0.2) is 0 Å². The van der Waals surface area contributed by atoms with Crippen LogP contribution in [0.3, 0.4) is 0 Å². The van der Waals surface area contributed by atoms with Crippen LogP contribution in [0.2, 0.25) is 0 Å². The van der Waals surface area contributed by atoms with Crippen molar-refractivity contribution in [2.45, 2.75) is 39.5 Å². The molecule has 0 bridgehead atoms. The molecule has 1 saturated carbocycles. The van der Waals surface area contributed by atoms with Crippen molar-refractivity contribution in [1.29, 1.82) is 0 Å². The Morgan fingerprint density at radius 3 is 2.00 bits per heavy atom. The number of hydrogen-bond acceptors (Lipinski definition) is 2. The summed E-state index contributed by atoms with van der Waals surface area (Å²) in [4.78, 5) is 1.11. The first kappa shape index (κ1) is 13.1. The Balaban J connectivity index is 1.86. The van der Waals surface area contributed by atoms with Crippen LogP contribution in [-0.2, 0) is 10.0 Å². The monoisotopic (exact) mass is 393 g/mol. The Bertz CT molecular complexity index is 532. The van der Waals surface area contributed by atoms with E-state index in [1.54, 1.807) is 28.6 Å². The maximum Gasteiger partial charge on any atom is 0.243 e. The van der Waals surface area contributed by atoms with E-state index in [2.05, 4.69) is 31.9 Å². The van der Waals surface area contributed by atoms with Crippen molar-refractivity contribution in [2.75, 3.05) is 0 Å². The average molecular weight is 395 g/mol. The molecule has 2 aliphatic rings. The van der Waals surface area contributed by atoms with E-state index in [0.717, 1.165) is 12.8 Å². The Morgan fingerprint density at radius 1 is 1.00 bits per heavy atom. The molecule has 1 saturated heterocycles. The quantitative estimate of drug-likeness (QED) is 0.571. The van der Waals surface area contributed by atoms with E-state index < -0.39 is 10.0 Å². The Kier molecular flexibility index (Phi) is 3.33. The van der Waals surface area contributed by atoms with Gasteiger partial charge in [-0.2, -0.15) is 4.31 Å². The first-order chi connectivity index (χ1) is 8.51. The minimum absolute atomic E-state index is 0.174. The molecule has 6 heteroatoms. The fraction of sp³-hybridized carbons (Fsp3) is 0.500. The number of rotatable bonds is 2. The number of hydrogen-bond donors (Lipinski definition) is 0. The maximum atomic E-state index is 12.5. The van der Waals surface area contributed by atoms with Crippen molar-refractivity contribution in [3.05, 3.63) is 30.3 Å². The van der Waals surface area contributed by atoms with Crippen LogP contribution in [-0.4, -0.2) is 34.5 Å². The van der Waals surface area contributed by atoms with Gasteiger partial charge in [-0.15, -0.1) is 0 Å². The highest BCUT2D eigenvalue weighted by molar-refractivity contribution is 9.12. The minimum atomic E-state index is -3.30. The summed E-state index contributed by atoms with van der Waals surface area (Å²) in [5, 5.41) is 0. The average Bonchev–Trinajstić information content (AvgIpc) is 3.04. The number of benzene rings is 1. The normalized spacial score (nSPS) is 39.1. The summed E-state index contributed by atoms with van der Waals surface area (Å²) in [6.45, 7) is 0. The molecule has 0 amide bonds. The maximum absolute atomic E-state index is 12.5. The van der Waals surface area contributed by atoms with Gasteiger partial charge in [-0.3, -0.25) is 0 Å². The lowest BCUT2D eigenvalue weighted by Gasteiger charge is -2.19. The van der Waals surface area contributed by atoms with Crippen molar-refractivity contribution in [1.82, 2.24) is 4.31 Å². The van der Waals surface area contributed by atoms with Crippen LogP contribution in [0.4, 0.5) is 0 Å². The van der Waals surface area contributed by atoms with Gasteiger partial charge in [-0.1, -0.05) is 50.1 Å². The van der Waals surface area contributed by atoms with E-state index in [9.17, 15) is 8.42 Å². The van der Waals surface area contributed by atoms with Gasteiger partial charge in [0.1, 0.15) is 0 Å². The Labute approximate surface area is 124 Å². The number of halogens is 2. The minimum Gasteiger partial charge on any atom is -0.207 e. The van der Waals surface area contributed by atoms with Crippen LogP contribution in [0.1, 0.15) is 12.8 Å². The lowest BCUT2D eigenvalue weighted by Crippen LogP contribution is -2.24. The van der Waals surface area contributed by atoms with Gasteiger partial charge >= 0.3 is 0 Å². The lowest BCUT2D eigenvalue weighted by atomic mass is 10.0. The van der Waals surface area contributed by atoms with Gasteiger partial charge in [0, 0.05) is 21.7 Å². The number of fused-ring (bicyclic) bond motifs is 1. The van der Waals surface area contributed by atoms with Crippen LogP contribution in [0, 0.1) is 0 Å². The van der Waals surface area contributed by atoms with Gasteiger partial charge in [0.2, 0.25) is 10.0 Å². The van der Waals surface area contributed by atoms with E-state index in [0.29, 0.717) is 14.5 Å². The van der Waals surface area contributed by atoms with Gasteiger partial charge in [-0.25, -0.2) is 8.42 Å². The van der Waals surface area contributed by atoms with Crippen LogP contribution in [0.25, 0.3) is 0 Å². The second-order valence-electron chi connectivity index (χ2n) is 4.79. The molecule has 18 heavy (non-hydrogen) atoms. The predicted molar refractivity (Wildman–Crippen MR) is 77.7 cm³/mol. The molecule has 1 unspecified atom stereocenters. The molecule has 98 valence electrons. The largest absolute Gasteiger partial charge is 0.243 e. The SMILES string of the molecule is O=S(=O)(c1ccccc1)N1[C@@H]2C[C@H](Br)[C@@H](Br)C[C@@H]21. The van der Waals surface area contributed by atoms with Crippen molar-refractivity contribution in [3.63, 3.8) is 0 Å². The third kappa shape index (κ3) is 2.07.